The van der Waals surface area contributed by atoms with Crippen molar-refractivity contribution in [3.63, 3.8) is 0 Å². The fourth-order valence-corrected chi connectivity index (χ4v) is 9.70. The number of benzene rings is 2. The number of nitrogens with one attached hydrogen (secondary N) is 2. The second kappa shape index (κ2) is 16.3. The van der Waals surface area contributed by atoms with Crippen molar-refractivity contribution in [3.8, 4) is 6.07 Å². The van der Waals surface area contributed by atoms with Gasteiger partial charge in [-0.2, -0.15) is 15.5 Å². The Bertz CT molecular complexity index is 2440. The molecule has 312 valence electrons. The Hall–Kier alpha value is -5.82. The molecule has 5 aromatic rings. The molecule has 9 rings (SSSR count). The summed E-state index contributed by atoms with van der Waals surface area (Å²) in [6.45, 7) is 11.5. The topological polar surface area (TPSA) is 167 Å². The lowest BCUT2D eigenvalue weighted by atomic mass is 9.89. The Labute approximate surface area is 349 Å². The first-order chi connectivity index (χ1) is 29.0. The van der Waals surface area contributed by atoms with Crippen LogP contribution in [0.2, 0.25) is 0 Å². The summed E-state index contributed by atoms with van der Waals surface area (Å²) in [5.41, 5.74) is 4.06. The van der Waals surface area contributed by atoms with Crippen LogP contribution in [0.1, 0.15) is 86.5 Å². The number of rotatable bonds is 9. The maximum atomic E-state index is 13.5. The molecule has 3 N–H and O–H groups in total. The number of hydrogen-bond acceptors (Lipinski definition) is 10. The van der Waals surface area contributed by atoms with Crippen LogP contribution in [0.3, 0.4) is 0 Å². The molecule has 3 saturated heterocycles. The van der Waals surface area contributed by atoms with Gasteiger partial charge < -0.3 is 20.2 Å². The molecule has 6 heterocycles. The van der Waals surface area contributed by atoms with E-state index in [9.17, 15) is 24.8 Å². The molecule has 0 atom stereocenters. The Morgan fingerprint density at radius 3 is 2.32 bits per heavy atom. The number of nitriles is 1. The number of carbonyl (C=O) groups is 3. The third-order valence-electron chi connectivity index (χ3n) is 13.1. The number of piperazine rings is 1. The molecule has 1 saturated carbocycles. The average Bonchev–Trinajstić information content (AvgIpc) is 3.88. The lowest BCUT2D eigenvalue weighted by molar-refractivity contribution is -0.120. The molecule has 15 heteroatoms. The number of nitrogens with zero attached hydrogens (tertiary/aromatic N) is 9. The Morgan fingerprint density at radius 2 is 1.62 bits per heavy atom. The van der Waals surface area contributed by atoms with Gasteiger partial charge >= 0.3 is 6.03 Å². The van der Waals surface area contributed by atoms with E-state index in [-0.39, 0.29) is 17.8 Å². The maximum absolute atomic E-state index is 13.5. The number of aliphatic hydroxyl groups is 1. The van der Waals surface area contributed by atoms with Crippen molar-refractivity contribution in [2.24, 2.45) is 5.92 Å². The van der Waals surface area contributed by atoms with Crippen molar-refractivity contribution in [2.45, 2.75) is 76.5 Å². The lowest BCUT2D eigenvalue weighted by Gasteiger charge is -2.43. The SMILES string of the molecule is CC(C)(O)c1cc2nn(C3CCC(N4CCN(CC5CCN(c6ccc(N7CCC(=O)NC7=O)cc6)CC5)CC4)CC3)cc2cc1NC(=O)c1ccc2cc(C#N)cnn12. The predicted molar refractivity (Wildman–Crippen MR) is 229 cm³/mol. The maximum Gasteiger partial charge on any atom is 0.328 e. The molecule has 3 aromatic heterocycles. The van der Waals surface area contributed by atoms with Gasteiger partial charge in [-0.3, -0.25) is 29.4 Å². The highest BCUT2D eigenvalue weighted by molar-refractivity contribution is 6.06. The van der Waals surface area contributed by atoms with Crippen molar-refractivity contribution in [1.82, 2.24) is 34.5 Å². The van der Waals surface area contributed by atoms with E-state index in [4.69, 9.17) is 5.10 Å². The fourth-order valence-electron chi connectivity index (χ4n) is 9.70. The van der Waals surface area contributed by atoms with Gasteiger partial charge in [-0.25, -0.2) is 9.31 Å². The van der Waals surface area contributed by atoms with Gasteiger partial charge in [0.2, 0.25) is 5.91 Å². The van der Waals surface area contributed by atoms with Gasteiger partial charge in [0.25, 0.3) is 5.91 Å². The molecule has 3 aliphatic heterocycles. The fraction of sp³-hybridized carbons (Fsp3) is 0.467. The van der Waals surface area contributed by atoms with Crippen molar-refractivity contribution in [1.29, 1.82) is 5.26 Å². The predicted octanol–water partition coefficient (Wildman–Crippen LogP) is 5.50. The van der Waals surface area contributed by atoms with Gasteiger partial charge in [0.1, 0.15) is 11.8 Å². The zero-order valence-electron chi connectivity index (χ0n) is 34.4. The number of anilines is 3. The number of imide groups is 1. The Morgan fingerprint density at radius 1 is 0.900 bits per heavy atom. The van der Waals surface area contributed by atoms with Crippen LogP contribution in [0.5, 0.6) is 0 Å². The highest BCUT2D eigenvalue weighted by Gasteiger charge is 2.32. The molecule has 0 radical (unpaired) electrons. The van der Waals surface area contributed by atoms with E-state index in [1.165, 1.54) is 29.2 Å². The van der Waals surface area contributed by atoms with E-state index in [0.717, 1.165) is 88.1 Å². The molecule has 0 unspecified atom stereocenters. The number of hydrogen-bond donors (Lipinski definition) is 3. The first-order valence-electron chi connectivity index (χ1n) is 21.4. The smallest absolute Gasteiger partial charge is 0.328 e. The van der Waals surface area contributed by atoms with Crippen LogP contribution >= 0.6 is 0 Å². The number of aromatic nitrogens is 4. The van der Waals surface area contributed by atoms with Crippen molar-refractivity contribution >= 4 is 51.3 Å². The third kappa shape index (κ3) is 8.19. The Balaban J connectivity index is 0.751. The van der Waals surface area contributed by atoms with Crippen LogP contribution in [-0.4, -0.2) is 111 Å². The number of amides is 4. The quantitative estimate of drug-likeness (QED) is 0.173. The molecule has 4 fully saturated rings. The zero-order chi connectivity index (χ0) is 41.5. The highest BCUT2D eigenvalue weighted by atomic mass is 16.3. The van der Waals surface area contributed by atoms with Crippen LogP contribution in [0.25, 0.3) is 16.4 Å². The molecule has 1 aliphatic carbocycles. The summed E-state index contributed by atoms with van der Waals surface area (Å²) in [5.74, 6) is 0.118. The standard InChI is InChI=1S/C45H53N11O4/c1-45(2,60)38-25-39-32(24-40(38)48-43(58)41-12-11-37-23-31(26-46)27-47-56(37)41)29-55(50-39)36-9-5-34(6-10-36)53-21-19-51(20-22-53)28-30-13-16-52(17-14-30)33-3-7-35(8-4-33)54-18-15-42(57)49-44(54)59/h3-4,7-8,11-12,23-25,27,29-30,34,36,60H,5-6,9-10,13-22,28H2,1-2H3,(H,48,58)(H,49,57,59). The number of urea groups is 1. The summed E-state index contributed by atoms with van der Waals surface area (Å²) in [5, 5.41) is 36.0. The van der Waals surface area contributed by atoms with Gasteiger partial charge in [0.15, 0.2) is 0 Å². The van der Waals surface area contributed by atoms with Gasteiger partial charge in [-0.1, -0.05) is 0 Å². The summed E-state index contributed by atoms with van der Waals surface area (Å²) >= 11 is 0. The van der Waals surface area contributed by atoms with E-state index < -0.39 is 5.60 Å². The largest absolute Gasteiger partial charge is 0.386 e. The molecule has 4 aliphatic rings. The molecular weight excluding hydrogens is 759 g/mol. The van der Waals surface area contributed by atoms with Crippen LogP contribution in [0.15, 0.2) is 67.0 Å². The van der Waals surface area contributed by atoms with Crippen molar-refractivity contribution in [3.05, 3.63) is 83.8 Å². The van der Waals surface area contributed by atoms with Crippen LogP contribution < -0.4 is 20.4 Å². The number of fused-ring (bicyclic) bond motifs is 2. The first-order valence-corrected chi connectivity index (χ1v) is 21.4. The number of piperidine rings is 1. The minimum Gasteiger partial charge on any atom is -0.386 e. The zero-order valence-corrected chi connectivity index (χ0v) is 34.4. The second-order valence-corrected chi connectivity index (χ2v) is 17.5. The van der Waals surface area contributed by atoms with Gasteiger partial charge in [-0.05, 0) is 113 Å². The third-order valence-corrected chi connectivity index (χ3v) is 13.1. The van der Waals surface area contributed by atoms with E-state index in [1.54, 1.807) is 36.9 Å². The number of carbonyl (C=O) groups excluding carboxylic acids is 3. The monoisotopic (exact) mass is 811 g/mol. The summed E-state index contributed by atoms with van der Waals surface area (Å²) in [4.78, 5) is 46.8. The molecule has 2 aromatic carbocycles. The minimum atomic E-state index is -1.22. The normalized spacial score (nSPS) is 21.4. The molecule has 15 nitrogen and oxygen atoms in total. The Kier molecular flexibility index (Phi) is 10.8. The van der Waals surface area contributed by atoms with Crippen molar-refractivity contribution in [2.75, 3.05) is 67.5 Å². The summed E-state index contributed by atoms with van der Waals surface area (Å²) in [6.07, 6.45) is 10.6. The second-order valence-electron chi connectivity index (χ2n) is 17.5. The summed E-state index contributed by atoms with van der Waals surface area (Å²) < 4.78 is 3.60. The van der Waals surface area contributed by atoms with Gasteiger partial charge in [-0.15, -0.1) is 0 Å². The van der Waals surface area contributed by atoms with Crippen LogP contribution in [0, 0.1) is 17.2 Å². The lowest BCUT2D eigenvalue weighted by Crippen LogP contribution is -2.52. The minimum absolute atomic E-state index is 0.218. The summed E-state index contributed by atoms with van der Waals surface area (Å²) in [6, 6.07) is 19.7. The molecule has 0 spiro atoms. The van der Waals surface area contributed by atoms with E-state index >= 15 is 0 Å². The first kappa shape index (κ1) is 39.6. The van der Waals surface area contributed by atoms with Gasteiger partial charge in [0.05, 0.1) is 34.4 Å². The van der Waals surface area contributed by atoms with Crippen LogP contribution in [-0.2, 0) is 10.4 Å². The summed E-state index contributed by atoms with van der Waals surface area (Å²) in [7, 11) is 0. The van der Waals surface area contributed by atoms with Crippen LogP contribution in [0.4, 0.5) is 21.9 Å². The average molecular weight is 812 g/mol. The van der Waals surface area contributed by atoms with E-state index in [0.29, 0.717) is 59.0 Å². The molecule has 60 heavy (non-hydrogen) atoms. The molecule has 0 bridgehead atoms. The molecule has 4 amide bonds. The highest BCUT2D eigenvalue weighted by Crippen LogP contribution is 2.36. The molecular formula is C45H53N11O4. The van der Waals surface area contributed by atoms with E-state index in [1.807, 2.05) is 24.3 Å². The van der Waals surface area contributed by atoms with Crippen molar-refractivity contribution < 1.29 is 19.5 Å². The van der Waals surface area contributed by atoms with E-state index in [2.05, 4.69) is 59.5 Å². The van der Waals surface area contributed by atoms with Gasteiger partial charge in [0, 0.05) is 99.0 Å².